The van der Waals surface area contributed by atoms with Crippen LogP contribution in [0.4, 0.5) is 5.13 Å². The molecular formula is C27H23N3O4S. The molecule has 0 radical (unpaired) electrons. The van der Waals surface area contributed by atoms with E-state index in [1.54, 1.807) is 24.3 Å². The van der Waals surface area contributed by atoms with Gasteiger partial charge in [0.05, 0.1) is 28.4 Å². The predicted octanol–water partition coefficient (Wildman–Crippen LogP) is 5.41. The molecule has 0 saturated carbocycles. The maximum Gasteiger partial charge on any atom is 0.301 e. The molecule has 7 nitrogen and oxygen atoms in total. The Hall–Kier alpha value is -4.04. The summed E-state index contributed by atoms with van der Waals surface area (Å²) in [5, 5.41) is 11.6. The number of aryl methyl sites for hydroxylation is 1. The van der Waals surface area contributed by atoms with Gasteiger partial charge >= 0.3 is 5.91 Å². The summed E-state index contributed by atoms with van der Waals surface area (Å²) in [6.07, 6.45) is 3.93. The van der Waals surface area contributed by atoms with Crippen LogP contribution in [0.2, 0.25) is 0 Å². The molecule has 35 heavy (non-hydrogen) atoms. The average molecular weight is 486 g/mol. The van der Waals surface area contributed by atoms with Gasteiger partial charge in [-0.2, -0.15) is 0 Å². The summed E-state index contributed by atoms with van der Waals surface area (Å²) >= 11 is 1.34. The maximum absolute atomic E-state index is 13.3. The van der Waals surface area contributed by atoms with Crippen LogP contribution in [0.25, 0.3) is 16.0 Å². The Balaban J connectivity index is 1.67. The molecule has 1 saturated heterocycles. The highest BCUT2D eigenvalue weighted by atomic mass is 32.1. The van der Waals surface area contributed by atoms with E-state index in [0.717, 1.165) is 22.2 Å². The first-order valence-electron chi connectivity index (χ1n) is 11.3. The Labute approximate surface area is 206 Å². The van der Waals surface area contributed by atoms with Crippen LogP contribution in [0.1, 0.15) is 36.1 Å². The normalized spacial score (nSPS) is 17.3. The van der Waals surface area contributed by atoms with Crippen molar-refractivity contribution in [2.45, 2.75) is 26.3 Å². The number of aliphatic hydroxyl groups excluding tert-OH is 1. The highest BCUT2D eigenvalue weighted by molar-refractivity contribution is 7.22. The van der Waals surface area contributed by atoms with Crippen molar-refractivity contribution in [1.82, 2.24) is 9.97 Å². The van der Waals surface area contributed by atoms with E-state index in [-0.39, 0.29) is 11.3 Å². The molecule has 2 aromatic heterocycles. The number of rotatable bonds is 6. The summed E-state index contributed by atoms with van der Waals surface area (Å²) in [5.41, 5.74) is 2.91. The van der Waals surface area contributed by atoms with Crippen LogP contribution in [-0.2, 0) is 9.59 Å². The number of thiazole rings is 1. The number of fused-ring (bicyclic) bond motifs is 1. The van der Waals surface area contributed by atoms with Gasteiger partial charge in [-0.15, -0.1) is 0 Å². The molecule has 4 aromatic rings. The number of pyridine rings is 1. The molecule has 1 atom stereocenters. The molecule has 1 N–H and O–H groups in total. The van der Waals surface area contributed by atoms with E-state index in [4.69, 9.17) is 4.74 Å². The first-order valence-corrected chi connectivity index (χ1v) is 12.1. The summed E-state index contributed by atoms with van der Waals surface area (Å²) in [6.45, 7) is 4.60. The van der Waals surface area contributed by atoms with Crippen molar-refractivity contribution in [3.8, 4) is 5.75 Å². The number of ketones is 1. The number of amides is 1. The zero-order valence-electron chi connectivity index (χ0n) is 19.3. The number of carbonyl (C=O) groups excluding carboxylic acids is 2. The van der Waals surface area contributed by atoms with Gasteiger partial charge in [0.2, 0.25) is 0 Å². The lowest BCUT2D eigenvalue weighted by molar-refractivity contribution is -0.132. The quantitative estimate of drug-likeness (QED) is 0.223. The van der Waals surface area contributed by atoms with E-state index in [0.29, 0.717) is 28.6 Å². The van der Waals surface area contributed by atoms with Crippen LogP contribution in [0.5, 0.6) is 5.75 Å². The topological polar surface area (TPSA) is 92.6 Å². The molecule has 3 heterocycles. The monoisotopic (exact) mass is 485 g/mol. The van der Waals surface area contributed by atoms with Crippen molar-refractivity contribution in [2.75, 3.05) is 11.5 Å². The van der Waals surface area contributed by atoms with Gasteiger partial charge in [-0.05, 0) is 60.9 Å². The van der Waals surface area contributed by atoms with Gasteiger partial charge < -0.3 is 9.84 Å². The lowest BCUT2D eigenvalue weighted by Crippen LogP contribution is -2.29. The Kier molecular flexibility index (Phi) is 6.05. The van der Waals surface area contributed by atoms with Crippen molar-refractivity contribution in [2.24, 2.45) is 0 Å². The largest absolute Gasteiger partial charge is 0.507 e. The third-order valence-corrected chi connectivity index (χ3v) is 6.82. The number of nitrogens with zero attached hydrogens (tertiary/aromatic N) is 3. The molecule has 0 aliphatic carbocycles. The summed E-state index contributed by atoms with van der Waals surface area (Å²) in [7, 11) is 0. The van der Waals surface area contributed by atoms with Crippen molar-refractivity contribution >= 4 is 44.1 Å². The van der Waals surface area contributed by atoms with E-state index >= 15 is 0 Å². The Morgan fingerprint density at radius 1 is 1.09 bits per heavy atom. The predicted molar refractivity (Wildman–Crippen MR) is 136 cm³/mol. The number of ether oxygens (including phenoxy) is 1. The molecule has 1 aliphatic heterocycles. The second-order valence-electron chi connectivity index (χ2n) is 8.29. The van der Waals surface area contributed by atoms with Crippen LogP contribution in [0.15, 0.2) is 72.6 Å². The molecule has 176 valence electrons. The Morgan fingerprint density at radius 2 is 1.83 bits per heavy atom. The lowest BCUT2D eigenvalue weighted by atomic mass is 9.95. The van der Waals surface area contributed by atoms with Crippen molar-refractivity contribution in [1.29, 1.82) is 0 Å². The van der Waals surface area contributed by atoms with E-state index in [1.165, 1.54) is 28.6 Å². The van der Waals surface area contributed by atoms with Crippen LogP contribution >= 0.6 is 11.3 Å². The number of aliphatic hydroxyl groups is 1. The summed E-state index contributed by atoms with van der Waals surface area (Å²) in [5.74, 6) is -1.04. The molecule has 8 heteroatoms. The van der Waals surface area contributed by atoms with Gasteiger partial charge in [0.25, 0.3) is 5.78 Å². The number of benzene rings is 2. The Bertz CT molecular complexity index is 1440. The van der Waals surface area contributed by atoms with Gasteiger partial charge in [0, 0.05) is 18.0 Å². The standard InChI is InChI=1S/C27H23N3O4S/c1-3-14-34-19-7-5-17(6-8-19)23-22(24(31)18-10-12-28-13-11-18)25(32)26(33)30(23)27-29-20-9-4-16(2)15-21(20)35-27/h4-13,15,23,31H,3,14H2,1-2H3. The minimum absolute atomic E-state index is 0.0128. The SMILES string of the molecule is CCCOc1ccc(C2C(=C(O)c3ccncc3)C(=O)C(=O)N2c2nc3ccc(C)cc3s2)cc1. The van der Waals surface area contributed by atoms with Crippen LogP contribution in [-0.4, -0.2) is 33.4 Å². The van der Waals surface area contributed by atoms with E-state index in [1.807, 2.05) is 44.2 Å². The van der Waals surface area contributed by atoms with Crippen LogP contribution < -0.4 is 9.64 Å². The number of Topliss-reactive ketones (excluding diaryl/α,β-unsaturated/α-hetero) is 1. The lowest BCUT2D eigenvalue weighted by Gasteiger charge is -2.23. The summed E-state index contributed by atoms with van der Waals surface area (Å²) < 4.78 is 6.61. The molecular weight excluding hydrogens is 462 g/mol. The number of aromatic nitrogens is 2. The molecule has 2 aromatic carbocycles. The van der Waals surface area contributed by atoms with Gasteiger partial charge in [0.15, 0.2) is 5.13 Å². The van der Waals surface area contributed by atoms with Crippen LogP contribution in [0, 0.1) is 6.92 Å². The molecule has 0 spiro atoms. The van der Waals surface area contributed by atoms with Gasteiger partial charge in [-0.3, -0.25) is 19.5 Å². The van der Waals surface area contributed by atoms with Crippen LogP contribution in [0.3, 0.4) is 0 Å². The highest BCUT2D eigenvalue weighted by Gasteiger charge is 2.48. The van der Waals surface area contributed by atoms with Gasteiger partial charge in [-0.25, -0.2) is 4.98 Å². The first-order chi connectivity index (χ1) is 17.0. The van der Waals surface area contributed by atoms with Crippen molar-refractivity contribution in [3.05, 3.63) is 89.3 Å². The third-order valence-electron chi connectivity index (χ3n) is 5.81. The van der Waals surface area contributed by atoms with E-state index < -0.39 is 17.7 Å². The van der Waals surface area contributed by atoms with E-state index in [9.17, 15) is 14.7 Å². The zero-order chi connectivity index (χ0) is 24.5. The number of hydrogen-bond donors (Lipinski definition) is 1. The molecule has 1 aliphatic rings. The number of hydrogen-bond acceptors (Lipinski definition) is 7. The van der Waals surface area contributed by atoms with Gasteiger partial charge in [-0.1, -0.05) is 36.5 Å². The Morgan fingerprint density at radius 3 is 2.54 bits per heavy atom. The molecule has 0 bridgehead atoms. The number of anilines is 1. The fourth-order valence-corrected chi connectivity index (χ4v) is 5.19. The summed E-state index contributed by atoms with van der Waals surface area (Å²) in [6, 6.07) is 15.4. The minimum Gasteiger partial charge on any atom is -0.507 e. The molecule has 5 rings (SSSR count). The van der Waals surface area contributed by atoms with Crippen molar-refractivity contribution < 1.29 is 19.4 Å². The summed E-state index contributed by atoms with van der Waals surface area (Å²) in [4.78, 5) is 36.7. The van der Waals surface area contributed by atoms with Crippen molar-refractivity contribution in [3.63, 3.8) is 0 Å². The smallest absolute Gasteiger partial charge is 0.301 e. The molecule has 1 amide bonds. The van der Waals surface area contributed by atoms with E-state index in [2.05, 4.69) is 9.97 Å². The average Bonchev–Trinajstić information content (AvgIpc) is 3.40. The second-order valence-corrected chi connectivity index (χ2v) is 9.30. The fraction of sp³-hybridized carbons (Fsp3) is 0.185. The first kappa shape index (κ1) is 22.7. The van der Waals surface area contributed by atoms with Gasteiger partial charge in [0.1, 0.15) is 11.5 Å². The molecule has 1 fully saturated rings. The second kappa shape index (κ2) is 9.31. The highest BCUT2D eigenvalue weighted by Crippen LogP contribution is 2.44. The number of carbonyl (C=O) groups is 2. The maximum atomic E-state index is 13.3. The minimum atomic E-state index is -0.843. The zero-order valence-corrected chi connectivity index (χ0v) is 20.1. The molecule has 1 unspecified atom stereocenters. The fourth-order valence-electron chi connectivity index (χ4n) is 4.10. The third kappa shape index (κ3) is 4.17.